The normalized spacial score (nSPS) is 12.9. The van der Waals surface area contributed by atoms with Crippen LogP contribution in [0.3, 0.4) is 0 Å². The van der Waals surface area contributed by atoms with Crippen molar-refractivity contribution in [2.45, 2.75) is 187 Å². The maximum atomic E-state index is 12.3. The summed E-state index contributed by atoms with van der Waals surface area (Å²) in [7, 11) is 4.05. The highest BCUT2D eigenvalue weighted by atomic mass is 16.6. The van der Waals surface area contributed by atoms with Crippen LogP contribution in [0, 0.1) is 0 Å². The van der Waals surface area contributed by atoms with Gasteiger partial charge in [0.15, 0.2) is 0 Å². The number of unbranched alkanes of at least 4 members (excludes halogenated alkanes) is 18. The highest BCUT2D eigenvalue weighted by Crippen LogP contribution is 2.11. The molecule has 0 radical (unpaired) electrons. The Morgan fingerprint density at radius 2 is 0.960 bits per heavy atom. The van der Waals surface area contributed by atoms with Gasteiger partial charge in [0.1, 0.15) is 12.7 Å². The van der Waals surface area contributed by atoms with E-state index in [1.165, 1.54) is 128 Å². The van der Waals surface area contributed by atoms with Gasteiger partial charge in [-0.2, -0.15) is 0 Å². The van der Waals surface area contributed by atoms with Gasteiger partial charge in [-0.05, 0) is 104 Å². The third-order valence-corrected chi connectivity index (χ3v) is 8.91. The van der Waals surface area contributed by atoms with Crippen molar-refractivity contribution in [2.24, 2.45) is 0 Å². The summed E-state index contributed by atoms with van der Waals surface area (Å²) >= 11 is 0. The van der Waals surface area contributed by atoms with Crippen LogP contribution in [0.15, 0.2) is 48.6 Å². The molecule has 0 aromatic heterocycles. The standard InChI is InChI=1S/C45H83NO4/c1-5-7-9-11-13-15-17-19-21-23-25-27-29-31-33-35-40-48-42-44(43-50-45(47)38-37-39-46(3)4)49-41-36-34-32-30-28-26-24-22-20-18-16-14-12-10-8-6-2/h13-16,19-22,44H,5-12,17-18,23-43H2,1-4H3/b15-13-,16-14-,21-19-,22-20-. The molecule has 0 aromatic rings. The minimum Gasteiger partial charge on any atom is -0.463 e. The lowest BCUT2D eigenvalue weighted by molar-refractivity contribution is -0.150. The van der Waals surface area contributed by atoms with Crippen molar-refractivity contribution in [1.82, 2.24) is 4.90 Å². The number of carbonyl (C=O) groups is 1. The van der Waals surface area contributed by atoms with E-state index >= 15 is 0 Å². The van der Waals surface area contributed by atoms with E-state index in [1.54, 1.807) is 0 Å². The van der Waals surface area contributed by atoms with E-state index in [-0.39, 0.29) is 18.7 Å². The fraction of sp³-hybridized carbons (Fsp3) is 0.800. The van der Waals surface area contributed by atoms with Crippen molar-refractivity contribution in [3.05, 3.63) is 48.6 Å². The van der Waals surface area contributed by atoms with Crippen molar-refractivity contribution in [2.75, 3.05) is 47.1 Å². The number of carbonyl (C=O) groups excluding carboxylic acids is 1. The zero-order valence-corrected chi connectivity index (χ0v) is 33.7. The van der Waals surface area contributed by atoms with Crippen LogP contribution in [0.25, 0.3) is 0 Å². The highest BCUT2D eigenvalue weighted by molar-refractivity contribution is 5.69. The largest absolute Gasteiger partial charge is 0.463 e. The minimum atomic E-state index is -0.185. The lowest BCUT2D eigenvalue weighted by Gasteiger charge is -2.18. The summed E-state index contributed by atoms with van der Waals surface area (Å²) in [5, 5.41) is 0. The van der Waals surface area contributed by atoms with Crippen LogP contribution in [0.2, 0.25) is 0 Å². The Balaban J connectivity index is 4.00. The Kier molecular flexibility index (Phi) is 40.3. The molecule has 0 bridgehead atoms. The van der Waals surface area contributed by atoms with Crippen molar-refractivity contribution in [1.29, 1.82) is 0 Å². The molecular formula is C45H83NO4. The van der Waals surface area contributed by atoms with Crippen LogP contribution in [0.5, 0.6) is 0 Å². The molecule has 0 aliphatic carbocycles. The van der Waals surface area contributed by atoms with Crippen LogP contribution in [-0.2, 0) is 19.0 Å². The topological polar surface area (TPSA) is 48.0 Å². The van der Waals surface area contributed by atoms with E-state index in [2.05, 4.69) is 67.4 Å². The molecule has 292 valence electrons. The van der Waals surface area contributed by atoms with Crippen molar-refractivity contribution < 1.29 is 19.0 Å². The number of nitrogens with zero attached hydrogens (tertiary/aromatic N) is 1. The zero-order valence-electron chi connectivity index (χ0n) is 33.7. The van der Waals surface area contributed by atoms with E-state index in [9.17, 15) is 4.79 Å². The number of hydrogen-bond donors (Lipinski definition) is 0. The Hall–Kier alpha value is -1.69. The maximum absolute atomic E-state index is 12.3. The van der Waals surface area contributed by atoms with Gasteiger partial charge in [-0.15, -0.1) is 0 Å². The first-order valence-electron chi connectivity index (χ1n) is 21.2. The second-order valence-electron chi connectivity index (χ2n) is 14.3. The lowest BCUT2D eigenvalue weighted by Crippen LogP contribution is -2.28. The van der Waals surface area contributed by atoms with Gasteiger partial charge in [0.25, 0.3) is 0 Å². The molecule has 50 heavy (non-hydrogen) atoms. The van der Waals surface area contributed by atoms with Crippen molar-refractivity contribution in [3.63, 3.8) is 0 Å². The molecule has 0 aromatic carbocycles. The van der Waals surface area contributed by atoms with Crippen LogP contribution >= 0.6 is 0 Å². The van der Waals surface area contributed by atoms with Gasteiger partial charge in [-0.1, -0.05) is 140 Å². The second-order valence-corrected chi connectivity index (χ2v) is 14.3. The van der Waals surface area contributed by atoms with Crippen LogP contribution in [0.1, 0.15) is 181 Å². The van der Waals surface area contributed by atoms with Gasteiger partial charge < -0.3 is 19.1 Å². The molecule has 1 atom stereocenters. The van der Waals surface area contributed by atoms with Crippen LogP contribution in [-0.4, -0.2) is 64.0 Å². The molecule has 0 amide bonds. The molecular weight excluding hydrogens is 618 g/mol. The summed E-state index contributed by atoms with van der Waals surface area (Å²) < 4.78 is 17.7. The zero-order chi connectivity index (χ0) is 36.4. The van der Waals surface area contributed by atoms with Crippen molar-refractivity contribution >= 4 is 5.97 Å². The number of esters is 1. The van der Waals surface area contributed by atoms with E-state index < -0.39 is 0 Å². The summed E-state index contributed by atoms with van der Waals surface area (Å²) in [4.78, 5) is 14.3. The van der Waals surface area contributed by atoms with Crippen molar-refractivity contribution in [3.8, 4) is 0 Å². The van der Waals surface area contributed by atoms with Gasteiger partial charge in [-0.25, -0.2) is 0 Å². The SMILES string of the molecule is CCCCC/C=C\C/C=C\CCCCCCCCOCC(COC(=O)CCCN(C)C)OCCCCCCCC/C=C\C/C=C\CCCCC. The number of allylic oxidation sites excluding steroid dienone is 8. The Morgan fingerprint density at radius 3 is 1.44 bits per heavy atom. The van der Waals surface area contributed by atoms with Gasteiger partial charge in [-0.3, -0.25) is 4.79 Å². The highest BCUT2D eigenvalue weighted by Gasteiger charge is 2.13. The fourth-order valence-corrected chi connectivity index (χ4v) is 5.69. The van der Waals surface area contributed by atoms with Gasteiger partial charge in [0.05, 0.1) is 6.61 Å². The van der Waals surface area contributed by atoms with Crippen LogP contribution in [0.4, 0.5) is 0 Å². The molecule has 0 saturated heterocycles. The first-order valence-corrected chi connectivity index (χ1v) is 21.2. The quantitative estimate of drug-likeness (QED) is 0.0363. The fourth-order valence-electron chi connectivity index (χ4n) is 5.69. The summed E-state index contributed by atoms with van der Waals surface area (Å²) in [6, 6.07) is 0. The monoisotopic (exact) mass is 702 g/mol. The van der Waals surface area contributed by atoms with E-state index in [4.69, 9.17) is 14.2 Å². The second kappa shape index (κ2) is 41.7. The Bertz CT molecular complexity index is 803. The number of hydrogen-bond acceptors (Lipinski definition) is 5. The van der Waals surface area contributed by atoms with Gasteiger partial charge in [0.2, 0.25) is 0 Å². The molecule has 0 aliphatic rings. The van der Waals surface area contributed by atoms with Gasteiger partial charge in [0, 0.05) is 19.6 Å². The number of rotatable bonds is 39. The lowest BCUT2D eigenvalue weighted by atomic mass is 10.1. The van der Waals surface area contributed by atoms with Crippen LogP contribution < -0.4 is 0 Å². The average Bonchev–Trinajstić information content (AvgIpc) is 3.10. The van der Waals surface area contributed by atoms with E-state index in [1.807, 2.05) is 14.1 Å². The van der Waals surface area contributed by atoms with E-state index in [0.717, 1.165) is 45.3 Å². The Morgan fingerprint density at radius 1 is 0.520 bits per heavy atom. The molecule has 0 aliphatic heterocycles. The summed E-state index contributed by atoms with van der Waals surface area (Å²) in [5.41, 5.74) is 0. The molecule has 5 heteroatoms. The summed E-state index contributed by atoms with van der Waals surface area (Å²) in [6.07, 6.45) is 49.4. The Labute approximate surface area is 311 Å². The van der Waals surface area contributed by atoms with Gasteiger partial charge >= 0.3 is 5.97 Å². The average molecular weight is 702 g/mol. The third-order valence-electron chi connectivity index (χ3n) is 8.91. The third kappa shape index (κ3) is 40.7. The molecule has 1 unspecified atom stereocenters. The molecule has 0 heterocycles. The molecule has 0 rings (SSSR count). The van der Waals surface area contributed by atoms with E-state index in [0.29, 0.717) is 19.6 Å². The smallest absolute Gasteiger partial charge is 0.305 e. The molecule has 0 saturated carbocycles. The summed E-state index contributed by atoms with van der Waals surface area (Å²) in [6.45, 7) is 7.63. The maximum Gasteiger partial charge on any atom is 0.305 e. The predicted octanol–water partition coefficient (Wildman–Crippen LogP) is 12.9. The summed E-state index contributed by atoms with van der Waals surface area (Å²) in [5.74, 6) is -0.140. The first-order chi connectivity index (χ1) is 24.6. The number of ether oxygens (including phenoxy) is 3. The predicted molar refractivity (Wildman–Crippen MR) is 218 cm³/mol. The minimum absolute atomic E-state index is 0.140. The molecule has 0 spiro atoms. The molecule has 0 fully saturated rings. The first kappa shape index (κ1) is 48.3. The molecule has 0 N–H and O–H groups in total. The molecule has 5 nitrogen and oxygen atoms in total.